The van der Waals surface area contributed by atoms with Gasteiger partial charge in [-0.1, -0.05) is 104 Å². The van der Waals surface area contributed by atoms with E-state index in [0.29, 0.717) is 0 Å². The SMILES string of the molecule is Clc1cccc(P(C2CCCCC2)C2CCCCC2)c1-c1ccccc1Br. The average molecular weight is 464 g/mol. The molecule has 0 atom stereocenters. The molecule has 0 bridgehead atoms. The molecule has 0 amide bonds. The molecule has 0 saturated heterocycles. The van der Waals surface area contributed by atoms with E-state index in [1.807, 2.05) is 0 Å². The molecule has 2 fully saturated rings. The molecule has 2 saturated carbocycles. The fourth-order valence-electron chi connectivity index (χ4n) is 5.07. The highest BCUT2D eigenvalue weighted by molar-refractivity contribution is 9.10. The molecule has 0 N–H and O–H groups in total. The Morgan fingerprint density at radius 3 is 1.93 bits per heavy atom. The average Bonchev–Trinajstić information content (AvgIpc) is 2.71. The van der Waals surface area contributed by atoms with Crippen LogP contribution in [0.1, 0.15) is 64.2 Å². The molecule has 4 rings (SSSR count). The number of halogens is 2. The maximum Gasteiger partial charge on any atom is 0.0491 e. The van der Waals surface area contributed by atoms with Gasteiger partial charge in [-0.2, -0.15) is 0 Å². The molecule has 27 heavy (non-hydrogen) atoms. The second kappa shape index (κ2) is 9.43. The summed E-state index contributed by atoms with van der Waals surface area (Å²) in [6.07, 6.45) is 14.2. The third-order valence-corrected chi connectivity index (χ3v) is 10.9. The third kappa shape index (κ3) is 4.47. The molecular formula is C24H29BrClP. The van der Waals surface area contributed by atoms with Crippen molar-refractivity contribution in [3.8, 4) is 11.1 Å². The second-order valence-electron chi connectivity index (χ2n) is 8.10. The van der Waals surface area contributed by atoms with Crippen LogP contribution in [0.3, 0.4) is 0 Å². The fraction of sp³-hybridized carbons (Fsp3) is 0.500. The molecule has 0 radical (unpaired) electrons. The summed E-state index contributed by atoms with van der Waals surface area (Å²) in [5.74, 6) is 0. The smallest absolute Gasteiger partial charge is 0.0491 e. The van der Waals surface area contributed by atoms with Crippen LogP contribution in [-0.2, 0) is 0 Å². The van der Waals surface area contributed by atoms with Crippen molar-refractivity contribution in [2.75, 3.05) is 0 Å². The minimum atomic E-state index is -0.170. The van der Waals surface area contributed by atoms with E-state index < -0.39 is 0 Å². The Hall–Kier alpha value is -0.360. The van der Waals surface area contributed by atoms with E-state index in [9.17, 15) is 0 Å². The van der Waals surface area contributed by atoms with E-state index >= 15 is 0 Å². The first kappa shape index (κ1) is 19.9. The Kier molecular flexibility index (Phi) is 6.96. The summed E-state index contributed by atoms with van der Waals surface area (Å²) in [7, 11) is -0.170. The lowest BCUT2D eigenvalue weighted by molar-refractivity contribution is 0.487. The maximum absolute atomic E-state index is 6.85. The second-order valence-corrected chi connectivity index (χ2v) is 12.1. The van der Waals surface area contributed by atoms with Gasteiger partial charge in [0, 0.05) is 15.1 Å². The van der Waals surface area contributed by atoms with Crippen molar-refractivity contribution in [3.63, 3.8) is 0 Å². The Balaban J connectivity index is 1.82. The predicted molar refractivity (Wildman–Crippen MR) is 125 cm³/mol. The molecule has 0 heterocycles. The van der Waals surface area contributed by atoms with Gasteiger partial charge in [-0.15, -0.1) is 0 Å². The lowest BCUT2D eigenvalue weighted by Gasteiger charge is -2.39. The van der Waals surface area contributed by atoms with Crippen LogP contribution in [0.25, 0.3) is 11.1 Å². The standard InChI is InChI=1S/C24H29BrClP/c25-21-15-8-7-14-20(21)24-22(26)16-9-17-23(24)27(18-10-3-1-4-11-18)19-12-5-2-6-13-19/h7-9,14-19H,1-6,10-13H2. The minimum Gasteiger partial charge on any atom is -0.0836 e. The molecule has 2 aromatic carbocycles. The van der Waals surface area contributed by atoms with Crippen molar-refractivity contribution in [3.05, 3.63) is 52.0 Å². The lowest BCUT2D eigenvalue weighted by Crippen LogP contribution is -2.27. The quantitative estimate of drug-likeness (QED) is 0.398. The molecule has 0 aliphatic heterocycles. The molecule has 2 aromatic rings. The third-order valence-electron chi connectivity index (χ3n) is 6.35. The van der Waals surface area contributed by atoms with Crippen molar-refractivity contribution in [1.29, 1.82) is 0 Å². The number of benzene rings is 2. The molecule has 0 nitrogen and oxygen atoms in total. The summed E-state index contributed by atoms with van der Waals surface area (Å²) in [4.78, 5) is 0. The molecule has 0 unspecified atom stereocenters. The van der Waals surface area contributed by atoms with Crippen molar-refractivity contribution < 1.29 is 0 Å². The zero-order chi connectivity index (χ0) is 18.6. The van der Waals surface area contributed by atoms with Crippen molar-refractivity contribution >= 4 is 40.8 Å². The zero-order valence-corrected chi connectivity index (χ0v) is 19.2. The van der Waals surface area contributed by atoms with Crippen LogP contribution in [-0.4, -0.2) is 11.3 Å². The molecule has 2 aliphatic rings. The molecule has 2 aliphatic carbocycles. The summed E-state index contributed by atoms with van der Waals surface area (Å²) >= 11 is 10.6. The van der Waals surface area contributed by atoms with Gasteiger partial charge in [-0.05, 0) is 60.0 Å². The number of hydrogen-bond donors (Lipinski definition) is 0. The van der Waals surface area contributed by atoms with Gasteiger partial charge in [-0.3, -0.25) is 0 Å². The molecule has 0 spiro atoms. The minimum absolute atomic E-state index is 0.170. The van der Waals surface area contributed by atoms with E-state index in [-0.39, 0.29) is 7.92 Å². The summed E-state index contributed by atoms with van der Waals surface area (Å²) in [6.45, 7) is 0. The van der Waals surface area contributed by atoms with Crippen molar-refractivity contribution in [1.82, 2.24) is 0 Å². The first-order valence-corrected chi connectivity index (χ1v) is 13.2. The fourth-order valence-corrected chi connectivity index (χ4v) is 9.88. The van der Waals surface area contributed by atoms with Crippen molar-refractivity contribution in [2.24, 2.45) is 0 Å². The Morgan fingerprint density at radius 1 is 0.741 bits per heavy atom. The number of rotatable bonds is 4. The highest BCUT2D eigenvalue weighted by atomic mass is 79.9. The van der Waals surface area contributed by atoms with Gasteiger partial charge in [0.1, 0.15) is 0 Å². The van der Waals surface area contributed by atoms with Crippen LogP contribution in [0, 0.1) is 0 Å². The van der Waals surface area contributed by atoms with Gasteiger partial charge >= 0.3 is 0 Å². The van der Waals surface area contributed by atoms with Gasteiger partial charge in [-0.25, -0.2) is 0 Å². The van der Waals surface area contributed by atoms with Crippen LogP contribution in [0.15, 0.2) is 46.9 Å². The predicted octanol–water partition coefficient (Wildman–Crippen LogP) is 8.54. The summed E-state index contributed by atoms with van der Waals surface area (Å²) in [6, 6.07) is 15.3. The first-order valence-electron chi connectivity index (χ1n) is 10.6. The van der Waals surface area contributed by atoms with E-state index in [2.05, 4.69) is 58.4 Å². The van der Waals surface area contributed by atoms with Gasteiger partial charge < -0.3 is 0 Å². The van der Waals surface area contributed by atoms with E-state index in [4.69, 9.17) is 11.6 Å². The van der Waals surface area contributed by atoms with Gasteiger partial charge in [0.05, 0.1) is 0 Å². The van der Waals surface area contributed by atoms with Crippen molar-refractivity contribution in [2.45, 2.75) is 75.5 Å². The summed E-state index contributed by atoms with van der Waals surface area (Å²) in [5, 5.41) is 2.49. The molecule has 144 valence electrons. The molecule has 0 aromatic heterocycles. The Morgan fingerprint density at radius 2 is 1.33 bits per heavy atom. The maximum atomic E-state index is 6.85. The van der Waals surface area contributed by atoms with Gasteiger partial charge in [0.25, 0.3) is 0 Å². The van der Waals surface area contributed by atoms with Crippen LogP contribution in [0.2, 0.25) is 5.02 Å². The van der Waals surface area contributed by atoms with Gasteiger partial charge in [0.2, 0.25) is 0 Å². The van der Waals surface area contributed by atoms with Crippen LogP contribution in [0.4, 0.5) is 0 Å². The largest absolute Gasteiger partial charge is 0.0836 e. The first-order chi connectivity index (χ1) is 13.3. The van der Waals surface area contributed by atoms with Gasteiger partial charge in [0.15, 0.2) is 0 Å². The highest BCUT2D eigenvalue weighted by Crippen LogP contribution is 2.57. The highest BCUT2D eigenvalue weighted by Gasteiger charge is 2.34. The van der Waals surface area contributed by atoms with Crippen LogP contribution >= 0.6 is 35.5 Å². The molecular weight excluding hydrogens is 435 g/mol. The van der Waals surface area contributed by atoms with E-state index in [1.54, 1.807) is 5.30 Å². The molecule has 3 heteroatoms. The normalized spacial score (nSPS) is 19.5. The van der Waals surface area contributed by atoms with E-state index in [0.717, 1.165) is 20.8 Å². The van der Waals surface area contributed by atoms with Crippen LogP contribution in [0.5, 0.6) is 0 Å². The van der Waals surface area contributed by atoms with Crippen LogP contribution < -0.4 is 5.30 Å². The van der Waals surface area contributed by atoms with E-state index in [1.165, 1.54) is 75.3 Å². The Bertz CT molecular complexity index is 745. The lowest BCUT2D eigenvalue weighted by atomic mass is 9.99. The number of hydrogen-bond acceptors (Lipinski definition) is 0. The summed E-state index contributed by atoms with van der Waals surface area (Å²) in [5.41, 5.74) is 4.33. The zero-order valence-electron chi connectivity index (χ0n) is 16.0. The topological polar surface area (TPSA) is 0 Å². The summed E-state index contributed by atoms with van der Waals surface area (Å²) < 4.78 is 1.15. The Labute approximate surface area is 179 Å². The monoisotopic (exact) mass is 462 g/mol.